The zero-order chi connectivity index (χ0) is 21.6. The number of nitrogens with one attached hydrogen (secondary N) is 1. The van der Waals surface area contributed by atoms with Crippen LogP contribution in [0.3, 0.4) is 0 Å². The maximum atomic E-state index is 12.6. The highest BCUT2D eigenvalue weighted by Crippen LogP contribution is 2.44. The van der Waals surface area contributed by atoms with Gasteiger partial charge in [0.1, 0.15) is 5.75 Å². The first-order valence-electron chi connectivity index (χ1n) is 9.27. The summed E-state index contributed by atoms with van der Waals surface area (Å²) >= 11 is 0. The molecule has 4 rings (SSSR count). The minimum absolute atomic E-state index is 0.0522. The van der Waals surface area contributed by atoms with Crippen molar-refractivity contribution in [3.8, 4) is 22.8 Å². The molecule has 0 aliphatic heterocycles. The molecule has 0 atom stereocenters. The van der Waals surface area contributed by atoms with Gasteiger partial charge in [0.15, 0.2) is 5.82 Å². The predicted octanol–water partition coefficient (Wildman–Crippen LogP) is 3.31. The van der Waals surface area contributed by atoms with E-state index in [2.05, 4.69) is 10.2 Å². The molecule has 0 fully saturated rings. The van der Waals surface area contributed by atoms with E-state index in [-0.39, 0.29) is 11.7 Å². The van der Waals surface area contributed by atoms with Crippen LogP contribution < -0.4 is 10.2 Å². The molecule has 0 saturated heterocycles. The van der Waals surface area contributed by atoms with E-state index in [0.717, 1.165) is 10.9 Å². The minimum atomic E-state index is -4.75. The number of hydrogen-bond donors (Lipinski definition) is 3. The highest BCUT2D eigenvalue weighted by Gasteiger charge is 2.24. The molecule has 0 radical (unpaired) electrons. The van der Waals surface area contributed by atoms with E-state index in [1.165, 1.54) is 10.6 Å². The van der Waals surface area contributed by atoms with E-state index in [9.17, 15) is 19.1 Å². The van der Waals surface area contributed by atoms with Gasteiger partial charge in [-0.15, -0.1) is 0 Å². The van der Waals surface area contributed by atoms with E-state index in [0.29, 0.717) is 22.6 Å². The summed E-state index contributed by atoms with van der Waals surface area (Å²) in [5.74, 6) is 0.228. The number of rotatable bonds is 5. The van der Waals surface area contributed by atoms with Crippen molar-refractivity contribution in [2.45, 2.75) is 19.8 Å². The van der Waals surface area contributed by atoms with Crippen molar-refractivity contribution in [2.24, 2.45) is 7.05 Å². The first-order valence-corrected chi connectivity index (χ1v) is 10.8. The lowest BCUT2D eigenvalue weighted by atomic mass is 9.95. The number of aryl methyl sites for hydroxylation is 1. The zero-order valence-corrected chi connectivity index (χ0v) is 17.5. The molecule has 156 valence electrons. The first kappa shape index (κ1) is 20.2. The number of nitrogens with zero attached hydrogens (tertiary/aromatic N) is 3. The number of aromatic amines is 1. The molecule has 0 spiro atoms. The van der Waals surface area contributed by atoms with Gasteiger partial charge < -0.3 is 9.09 Å². The summed E-state index contributed by atoms with van der Waals surface area (Å²) in [5.41, 5.74) is 2.32. The van der Waals surface area contributed by atoms with E-state index in [1.807, 2.05) is 55.9 Å². The summed E-state index contributed by atoms with van der Waals surface area (Å²) in [4.78, 5) is 31.2. The average Bonchev–Trinajstić information content (AvgIpc) is 3.22. The Hall–Kier alpha value is -3.13. The van der Waals surface area contributed by atoms with Crippen LogP contribution >= 0.6 is 7.82 Å². The van der Waals surface area contributed by atoms with Crippen molar-refractivity contribution >= 4 is 18.7 Å². The molecular formula is C20H21N4O5P. The van der Waals surface area contributed by atoms with Gasteiger partial charge in [0, 0.05) is 35.3 Å². The largest absolute Gasteiger partial charge is 0.524 e. The van der Waals surface area contributed by atoms with Gasteiger partial charge in [0.2, 0.25) is 0 Å². The summed E-state index contributed by atoms with van der Waals surface area (Å²) in [7, 11) is -2.81. The molecule has 3 N–H and O–H groups in total. The molecule has 2 heterocycles. The van der Waals surface area contributed by atoms with Crippen LogP contribution in [-0.2, 0) is 11.6 Å². The van der Waals surface area contributed by atoms with Crippen molar-refractivity contribution in [3.05, 3.63) is 64.7 Å². The highest BCUT2D eigenvalue weighted by atomic mass is 31.2. The molecule has 0 aliphatic rings. The third-order valence-electron chi connectivity index (χ3n) is 4.90. The number of phosphoric acid groups is 1. The van der Waals surface area contributed by atoms with Crippen LogP contribution in [0.2, 0.25) is 0 Å². The number of H-pyrrole nitrogens is 1. The fourth-order valence-corrected chi connectivity index (χ4v) is 4.08. The van der Waals surface area contributed by atoms with Gasteiger partial charge in [-0.25, -0.2) is 19.0 Å². The highest BCUT2D eigenvalue weighted by molar-refractivity contribution is 7.46. The number of phosphoric ester groups is 1. The smallest absolute Gasteiger partial charge is 0.404 e. The quantitative estimate of drug-likeness (QED) is 0.419. The van der Waals surface area contributed by atoms with Gasteiger partial charge in [-0.05, 0) is 36.2 Å². The third-order valence-corrected chi connectivity index (χ3v) is 5.34. The molecule has 10 heteroatoms. The third kappa shape index (κ3) is 3.59. The SMILES string of the molecule is CC(C)c1c(OP(=O)(O)O)cccc1-c1n[nH]c(=O)n1-c1ccc2c(ccn2C)c1. The van der Waals surface area contributed by atoms with Gasteiger partial charge in [0.05, 0.1) is 5.69 Å². The Bertz CT molecular complexity index is 1340. The summed E-state index contributed by atoms with van der Waals surface area (Å²) in [5, 5.41) is 7.65. The van der Waals surface area contributed by atoms with Gasteiger partial charge in [-0.3, -0.25) is 9.79 Å². The van der Waals surface area contributed by atoms with E-state index in [1.54, 1.807) is 12.1 Å². The van der Waals surface area contributed by atoms with Crippen LogP contribution in [0.1, 0.15) is 25.3 Å². The molecule has 30 heavy (non-hydrogen) atoms. The fraction of sp³-hybridized carbons (Fsp3) is 0.200. The molecule has 0 unspecified atom stereocenters. The maximum Gasteiger partial charge on any atom is 0.524 e. The predicted molar refractivity (Wildman–Crippen MR) is 113 cm³/mol. The second kappa shape index (κ2) is 7.28. The molecule has 2 aromatic carbocycles. The van der Waals surface area contributed by atoms with Crippen LogP contribution in [0.4, 0.5) is 0 Å². The second-order valence-electron chi connectivity index (χ2n) is 7.31. The monoisotopic (exact) mass is 428 g/mol. The summed E-state index contributed by atoms with van der Waals surface area (Å²) in [6.45, 7) is 3.74. The van der Waals surface area contributed by atoms with Crippen LogP contribution in [0.5, 0.6) is 5.75 Å². The Morgan fingerprint density at radius 3 is 2.63 bits per heavy atom. The lowest BCUT2D eigenvalue weighted by molar-refractivity contribution is 0.282. The van der Waals surface area contributed by atoms with E-state index >= 15 is 0 Å². The van der Waals surface area contributed by atoms with Crippen molar-refractivity contribution < 1.29 is 18.9 Å². The summed E-state index contributed by atoms with van der Waals surface area (Å²) < 4.78 is 19.8. The first-order chi connectivity index (χ1) is 14.2. The molecule has 0 amide bonds. The Kier molecular flexibility index (Phi) is 4.89. The summed E-state index contributed by atoms with van der Waals surface area (Å²) in [6.07, 6.45) is 1.94. The Balaban J connectivity index is 1.93. The van der Waals surface area contributed by atoms with Crippen LogP contribution in [0, 0.1) is 0 Å². The van der Waals surface area contributed by atoms with Gasteiger partial charge in [-0.1, -0.05) is 26.0 Å². The van der Waals surface area contributed by atoms with Crippen LogP contribution in [-0.4, -0.2) is 29.1 Å². The van der Waals surface area contributed by atoms with Gasteiger partial charge in [0.25, 0.3) is 0 Å². The topological polar surface area (TPSA) is 122 Å². The standard InChI is InChI=1S/C20H21N4O5P/c1-12(2)18-15(5-4-6-17(18)29-30(26,27)28)19-21-22-20(25)24(19)14-7-8-16-13(11-14)9-10-23(16)3/h4-12H,1-3H3,(H,22,25)(H2,26,27,28). The molecule has 0 aliphatic carbocycles. The van der Waals surface area contributed by atoms with Crippen molar-refractivity contribution in [3.63, 3.8) is 0 Å². The zero-order valence-electron chi connectivity index (χ0n) is 16.6. The number of benzene rings is 2. The van der Waals surface area contributed by atoms with E-state index < -0.39 is 13.5 Å². The second-order valence-corrected chi connectivity index (χ2v) is 8.48. The Morgan fingerprint density at radius 1 is 1.17 bits per heavy atom. The number of hydrogen-bond acceptors (Lipinski definition) is 4. The molecular weight excluding hydrogens is 407 g/mol. The molecule has 4 aromatic rings. The lowest BCUT2D eigenvalue weighted by Gasteiger charge is -2.18. The van der Waals surface area contributed by atoms with E-state index in [4.69, 9.17) is 4.52 Å². The Labute approximate surface area is 171 Å². The summed E-state index contributed by atoms with van der Waals surface area (Å²) in [6, 6.07) is 12.4. The number of fused-ring (bicyclic) bond motifs is 1. The van der Waals surface area contributed by atoms with Crippen LogP contribution in [0.25, 0.3) is 28.0 Å². The average molecular weight is 428 g/mol. The fourth-order valence-electron chi connectivity index (χ4n) is 3.67. The van der Waals surface area contributed by atoms with Crippen LogP contribution in [0.15, 0.2) is 53.5 Å². The lowest BCUT2D eigenvalue weighted by Crippen LogP contribution is -2.16. The van der Waals surface area contributed by atoms with Gasteiger partial charge in [-0.2, -0.15) is 5.10 Å². The van der Waals surface area contributed by atoms with Gasteiger partial charge >= 0.3 is 13.5 Å². The maximum absolute atomic E-state index is 12.6. The normalized spacial score (nSPS) is 12.1. The molecule has 2 aromatic heterocycles. The van der Waals surface area contributed by atoms with Crippen molar-refractivity contribution in [1.82, 2.24) is 19.3 Å². The minimum Gasteiger partial charge on any atom is -0.404 e. The molecule has 0 saturated carbocycles. The number of aromatic nitrogens is 4. The molecule has 0 bridgehead atoms. The van der Waals surface area contributed by atoms with Crippen molar-refractivity contribution in [2.75, 3.05) is 0 Å². The molecule has 9 nitrogen and oxygen atoms in total. The van der Waals surface area contributed by atoms with Crippen molar-refractivity contribution in [1.29, 1.82) is 0 Å². The Morgan fingerprint density at radius 2 is 1.93 bits per heavy atom.